The van der Waals surface area contributed by atoms with Crippen LogP contribution in [-0.4, -0.2) is 72.7 Å². The van der Waals surface area contributed by atoms with Crippen LogP contribution in [0, 0.1) is 5.82 Å². The average molecular weight is 393 g/mol. The summed E-state index contributed by atoms with van der Waals surface area (Å²) in [6, 6.07) is 1.60. The number of hydrogen-bond acceptors (Lipinski definition) is 7. The summed E-state index contributed by atoms with van der Waals surface area (Å²) in [7, 11) is 0. The van der Waals surface area contributed by atoms with Gasteiger partial charge >= 0.3 is 0 Å². The number of rotatable bonds is 3. The van der Waals surface area contributed by atoms with E-state index in [1.54, 1.807) is 11.0 Å². The number of morpholine rings is 2. The Labute approximate surface area is 161 Å². The Hall–Kier alpha value is -2.23. The Kier molecular flexibility index (Phi) is 5.22. The zero-order valence-corrected chi connectivity index (χ0v) is 16.0. The Morgan fingerprint density at radius 2 is 1.96 bits per heavy atom. The van der Waals surface area contributed by atoms with Crippen molar-refractivity contribution >= 4 is 22.6 Å². The fourth-order valence-electron chi connectivity index (χ4n) is 3.97. The number of nitrogens with zero attached hydrogens (tertiary/aromatic N) is 3. The Morgan fingerprint density at radius 1 is 1.29 bits per heavy atom. The lowest BCUT2D eigenvalue weighted by Gasteiger charge is -2.37. The molecule has 1 aromatic heterocycles. The summed E-state index contributed by atoms with van der Waals surface area (Å²) in [5.74, 6) is -0.942. The van der Waals surface area contributed by atoms with E-state index in [-0.39, 0.29) is 47.1 Å². The number of benzene rings is 1. The fraction of sp³-hybridized carbons (Fsp3) is 0.579. The minimum atomic E-state index is -0.614. The molecule has 8 nitrogen and oxygen atoms in total. The van der Waals surface area contributed by atoms with E-state index in [1.807, 2.05) is 18.7 Å². The third-order valence-electron chi connectivity index (χ3n) is 5.17. The van der Waals surface area contributed by atoms with Gasteiger partial charge in [-0.15, -0.1) is 0 Å². The van der Waals surface area contributed by atoms with E-state index >= 15 is 4.39 Å². The molecular weight excluding hydrogens is 369 g/mol. The molecule has 152 valence electrons. The van der Waals surface area contributed by atoms with Gasteiger partial charge in [-0.2, -0.15) is 0 Å². The number of aromatic nitrogens is 1. The standard InChI is InChI=1S/C19H24FN3O5/c1-11-8-23(9-12(2)27-11)17-13(10-24)7-14-16(21-28-18(14)15(17)20)19(25)22-3-5-26-6-4-22/h7,11-12,24H,3-6,8-10H2,1-2H3. The minimum absolute atomic E-state index is 0.0563. The van der Waals surface area contributed by atoms with Crippen LogP contribution in [0.5, 0.6) is 0 Å². The molecule has 4 rings (SSSR count). The van der Waals surface area contributed by atoms with Crippen LogP contribution in [0.3, 0.4) is 0 Å². The van der Waals surface area contributed by atoms with Crippen molar-refractivity contribution in [2.45, 2.75) is 32.7 Å². The maximum atomic E-state index is 15.4. The number of carbonyl (C=O) groups excluding carboxylic acids is 1. The van der Waals surface area contributed by atoms with Crippen molar-refractivity contribution in [1.29, 1.82) is 0 Å². The van der Waals surface area contributed by atoms with Crippen LogP contribution in [0.4, 0.5) is 10.1 Å². The zero-order valence-electron chi connectivity index (χ0n) is 16.0. The molecule has 2 aromatic rings. The number of ether oxygens (including phenoxy) is 2. The van der Waals surface area contributed by atoms with Gasteiger partial charge in [-0.25, -0.2) is 4.39 Å². The third-order valence-corrected chi connectivity index (χ3v) is 5.17. The van der Waals surface area contributed by atoms with Crippen LogP contribution < -0.4 is 4.90 Å². The third kappa shape index (κ3) is 3.34. The number of hydrogen-bond donors (Lipinski definition) is 1. The first-order chi connectivity index (χ1) is 13.5. The highest BCUT2D eigenvalue weighted by Gasteiger charge is 2.31. The zero-order chi connectivity index (χ0) is 19.8. The molecule has 9 heteroatoms. The summed E-state index contributed by atoms with van der Waals surface area (Å²) in [5, 5.41) is 14.0. The quantitative estimate of drug-likeness (QED) is 0.846. The van der Waals surface area contributed by atoms with E-state index in [0.29, 0.717) is 45.0 Å². The van der Waals surface area contributed by atoms with Crippen molar-refractivity contribution in [3.8, 4) is 0 Å². The monoisotopic (exact) mass is 393 g/mol. The highest BCUT2D eigenvalue weighted by Crippen LogP contribution is 2.35. The molecule has 0 bridgehead atoms. The summed E-state index contributed by atoms with van der Waals surface area (Å²) in [6.07, 6.45) is -0.142. The van der Waals surface area contributed by atoms with Gasteiger partial charge in [0.05, 0.1) is 43.1 Å². The predicted molar refractivity (Wildman–Crippen MR) is 98.8 cm³/mol. The number of anilines is 1. The molecule has 1 aromatic carbocycles. The van der Waals surface area contributed by atoms with Gasteiger partial charge in [0.1, 0.15) is 0 Å². The van der Waals surface area contributed by atoms with Gasteiger partial charge in [0, 0.05) is 31.7 Å². The van der Waals surface area contributed by atoms with Crippen LogP contribution in [0.1, 0.15) is 29.9 Å². The fourth-order valence-corrected chi connectivity index (χ4v) is 3.97. The molecule has 2 atom stereocenters. The van der Waals surface area contributed by atoms with Crippen molar-refractivity contribution in [3.63, 3.8) is 0 Å². The van der Waals surface area contributed by atoms with Crippen LogP contribution in [0.2, 0.25) is 0 Å². The summed E-state index contributed by atoms with van der Waals surface area (Å²) in [5.41, 5.74) is 0.653. The van der Waals surface area contributed by atoms with Crippen molar-refractivity contribution < 1.29 is 28.3 Å². The molecule has 0 radical (unpaired) electrons. The van der Waals surface area contributed by atoms with Crippen molar-refractivity contribution in [3.05, 3.63) is 23.1 Å². The number of aliphatic hydroxyl groups excluding tert-OH is 1. The Bertz CT molecular complexity index is 870. The molecule has 2 unspecified atom stereocenters. The van der Waals surface area contributed by atoms with E-state index in [4.69, 9.17) is 14.0 Å². The van der Waals surface area contributed by atoms with Crippen molar-refractivity contribution in [1.82, 2.24) is 10.1 Å². The van der Waals surface area contributed by atoms with Gasteiger partial charge in [0.25, 0.3) is 5.91 Å². The SMILES string of the molecule is CC1CN(c2c(CO)cc3c(C(=O)N4CCOCC4)noc3c2F)CC(C)O1. The van der Waals surface area contributed by atoms with Crippen molar-refractivity contribution in [2.24, 2.45) is 0 Å². The molecule has 0 aliphatic carbocycles. The van der Waals surface area contributed by atoms with E-state index in [2.05, 4.69) is 5.16 Å². The van der Waals surface area contributed by atoms with E-state index < -0.39 is 5.82 Å². The maximum Gasteiger partial charge on any atom is 0.276 e. The van der Waals surface area contributed by atoms with Gasteiger partial charge in [-0.3, -0.25) is 4.79 Å². The number of amides is 1. The lowest BCUT2D eigenvalue weighted by Crippen LogP contribution is -2.46. The second-order valence-corrected chi connectivity index (χ2v) is 7.33. The molecule has 2 aliphatic rings. The van der Waals surface area contributed by atoms with E-state index in [1.165, 1.54) is 0 Å². The number of fused-ring (bicyclic) bond motifs is 1. The molecule has 1 N–H and O–H groups in total. The topological polar surface area (TPSA) is 88.3 Å². The molecule has 1 amide bonds. The highest BCUT2D eigenvalue weighted by molar-refractivity contribution is 6.05. The molecule has 2 aliphatic heterocycles. The lowest BCUT2D eigenvalue weighted by atomic mass is 10.0. The number of aliphatic hydroxyl groups is 1. The smallest absolute Gasteiger partial charge is 0.276 e. The van der Waals surface area contributed by atoms with Gasteiger partial charge in [0.15, 0.2) is 11.5 Å². The molecule has 3 heterocycles. The first-order valence-electron chi connectivity index (χ1n) is 9.48. The van der Waals surface area contributed by atoms with Gasteiger partial charge < -0.3 is 28.9 Å². The normalized spacial score (nSPS) is 23.4. The first-order valence-corrected chi connectivity index (χ1v) is 9.48. The second kappa shape index (κ2) is 7.65. The van der Waals surface area contributed by atoms with Gasteiger partial charge in [-0.05, 0) is 19.9 Å². The van der Waals surface area contributed by atoms with Crippen LogP contribution >= 0.6 is 0 Å². The molecule has 2 saturated heterocycles. The molecule has 2 fully saturated rings. The van der Waals surface area contributed by atoms with Gasteiger partial charge in [0.2, 0.25) is 5.58 Å². The van der Waals surface area contributed by atoms with Crippen LogP contribution in [0.25, 0.3) is 11.0 Å². The summed E-state index contributed by atoms with van der Waals surface area (Å²) < 4.78 is 31.6. The van der Waals surface area contributed by atoms with Crippen LogP contribution in [-0.2, 0) is 16.1 Å². The molecule has 0 saturated carbocycles. The summed E-state index contributed by atoms with van der Waals surface area (Å²) >= 11 is 0. The van der Waals surface area contributed by atoms with Gasteiger partial charge in [-0.1, -0.05) is 5.16 Å². The number of carbonyl (C=O) groups is 1. The summed E-state index contributed by atoms with van der Waals surface area (Å²) in [4.78, 5) is 16.3. The predicted octanol–water partition coefficient (Wildman–Crippen LogP) is 1.55. The maximum absolute atomic E-state index is 15.4. The average Bonchev–Trinajstić information content (AvgIpc) is 3.11. The van der Waals surface area contributed by atoms with Crippen molar-refractivity contribution in [2.75, 3.05) is 44.3 Å². The lowest BCUT2D eigenvalue weighted by molar-refractivity contribution is -0.00550. The summed E-state index contributed by atoms with van der Waals surface area (Å²) in [6.45, 7) is 6.27. The first kappa shape index (κ1) is 19.1. The Balaban J connectivity index is 1.75. The molecular formula is C19H24FN3O5. The Morgan fingerprint density at radius 3 is 2.61 bits per heavy atom. The van der Waals surface area contributed by atoms with Crippen LogP contribution in [0.15, 0.2) is 10.6 Å². The largest absolute Gasteiger partial charge is 0.392 e. The second-order valence-electron chi connectivity index (χ2n) is 7.33. The molecule has 0 spiro atoms. The minimum Gasteiger partial charge on any atom is -0.392 e. The van der Waals surface area contributed by atoms with E-state index in [9.17, 15) is 9.90 Å². The molecule has 28 heavy (non-hydrogen) atoms. The van der Waals surface area contributed by atoms with E-state index in [0.717, 1.165) is 0 Å². The number of halogens is 1. The highest BCUT2D eigenvalue weighted by atomic mass is 19.1.